The Labute approximate surface area is 115 Å². The summed E-state index contributed by atoms with van der Waals surface area (Å²) in [5, 5.41) is 12.1. The van der Waals surface area contributed by atoms with Gasteiger partial charge in [0.2, 0.25) is 5.91 Å². The van der Waals surface area contributed by atoms with Gasteiger partial charge in [-0.25, -0.2) is 0 Å². The number of nitrogens with zero attached hydrogens (tertiary/aromatic N) is 3. The Morgan fingerprint density at radius 1 is 1.53 bits per heavy atom. The van der Waals surface area contributed by atoms with Crippen LogP contribution < -0.4 is 11.1 Å². The van der Waals surface area contributed by atoms with Gasteiger partial charge in [0.05, 0.1) is 6.04 Å². The van der Waals surface area contributed by atoms with Gasteiger partial charge >= 0.3 is 0 Å². The summed E-state index contributed by atoms with van der Waals surface area (Å²) in [6, 6.07) is 5.37. The van der Waals surface area contributed by atoms with E-state index < -0.39 is 0 Å². The summed E-state index contributed by atoms with van der Waals surface area (Å²) in [6.45, 7) is 2.82. The van der Waals surface area contributed by atoms with E-state index in [-0.39, 0.29) is 11.9 Å². The normalized spacial score (nSPS) is 12.7. The monoisotopic (exact) mass is 279 g/mol. The van der Waals surface area contributed by atoms with Crippen LogP contribution in [0.4, 0.5) is 0 Å². The Hall–Kier alpha value is -1.60. The molecule has 0 saturated carbocycles. The SMILES string of the molecule is CCCNC(CSc1nnc2ccccn12)C(N)=O. The number of aromatic nitrogens is 3. The number of nitrogens with one attached hydrogen (secondary N) is 1. The number of carbonyl (C=O) groups is 1. The maximum Gasteiger partial charge on any atom is 0.235 e. The van der Waals surface area contributed by atoms with E-state index in [9.17, 15) is 4.79 Å². The standard InChI is InChI=1S/C12H17N5OS/c1-2-6-14-9(11(13)18)8-19-12-16-15-10-5-3-4-7-17(10)12/h3-5,7,9,14H,2,6,8H2,1H3,(H2,13,18). The van der Waals surface area contributed by atoms with Crippen LogP contribution in [0.5, 0.6) is 0 Å². The predicted octanol–water partition coefficient (Wildman–Crippen LogP) is 0.675. The molecule has 0 aliphatic rings. The van der Waals surface area contributed by atoms with E-state index in [1.165, 1.54) is 11.8 Å². The molecule has 2 rings (SSSR count). The average Bonchev–Trinajstić information content (AvgIpc) is 2.82. The zero-order valence-corrected chi connectivity index (χ0v) is 11.6. The molecule has 3 N–H and O–H groups in total. The fraction of sp³-hybridized carbons (Fsp3) is 0.417. The second kappa shape index (κ2) is 6.53. The Morgan fingerprint density at radius 2 is 2.37 bits per heavy atom. The van der Waals surface area contributed by atoms with Crippen molar-refractivity contribution in [3.8, 4) is 0 Å². The van der Waals surface area contributed by atoms with Gasteiger partial charge in [-0.05, 0) is 25.1 Å². The predicted molar refractivity (Wildman–Crippen MR) is 75.0 cm³/mol. The number of carbonyl (C=O) groups excluding carboxylic acids is 1. The molecule has 2 aromatic heterocycles. The third-order valence-corrected chi connectivity index (χ3v) is 3.68. The van der Waals surface area contributed by atoms with Gasteiger partial charge in [0.15, 0.2) is 10.8 Å². The molecule has 0 bridgehead atoms. The molecule has 1 amide bonds. The van der Waals surface area contributed by atoms with Gasteiger partial charge in [0.1, 0.15) is 0 Å². The van der Waals surface area contributed by atoms with Crippen molar-refractivity contribution in [3.05, 3.63) is 24.4 Å². The largest absolute Gasteiger partial charge is 0.368 e. The number of rotatable bonds is 7. The van der Waals surface area contributed by atoms with Gasteiger partial charge in [-0.3, -0.25) is 9.20 Å². The van der Waals surface area contributed by atoms with Crippen LogP contribution in [0.3, 0.4) is 0 Å². The number of primary amides is 1. The van der Waals surface area contributed by atoms with E-state index in [0.717, 1.165) is 23.8 Å². The summed E-state index contributed by atoms with van der Waals surface area (Å²) in [5.41, 5.74) is 6.17. The van der Waals surface area contributed by atoms with Gasteiger partial charge in [0, 0.05) is 11.9 Å². The molecular formula is C12H17N5OS. The molecule has 1 atom stereocenters. The van der Waals surface area contributed by atoms with E-state index in [2.05, 4.69) is 15.5 Å². The van der Waals surface area contributed by atoms with Crippen molar-refractivity contribution < 1.29 is 4.79 Å². The Kier molecular flexibility index (Phi) is 4.75. The van der Waals surface area contributed by atoms with E-state index >= 15 is 0 Å². The zero-order chi connectivity index (χ0) is 13.7. The molecule has 2 aromatic rings. The lowest BCUT2D eigenvalue weighted by Gasteiger charge is -2.13. The number of amides is 1. The number of hydrogen-bond acceptors (Lipinski definition) is 5. The third-order valence-electron chi connectivity index (χ3n) is 2.65. The summed E-state index contributed by atoms with van der Waals surface area (Å²) in [5.74, 6) is 0.208. The van der Waals surface area contributed by atoms with Gasteiger partial charge in [-0.2, -0.15) is 0 Å². The summed E-state index contributed by atoms with van der Waals surface area (Å²) in [4.78, 5) is 11.3. The van der Waals surface area contributed by atoms with Crippen LogP contribution in [0, 0.1) is 0 Å². The minimum Gasteiger partial charge on any atom is -0.368 e. The molecule has 7 heteroatoms. The Balaban J connectivity index is 2.02. The first-order valence-corrected chi connectivity index (χ1v) is 7.16. The number of pyridine rings is 1. The molecule has 19 heavy (non-hydrogen) atoms. The fourth-order valence-electron chi connectivity index (χ4n) is 1.64. The highest BCUT2D eigenvalue weighted by atomic mass is 32.2. The van der Waals surface area contributed by atoms with E-state index in [1.807, 2.05) is 35.7 Å². The van der Waals surface area contributed by atoms with Crippen LogP contribution in [-0.2, 0) is 4.79 Å². The van der Waals surface area contributed by atoms with E-state index in [1.54, 1.807) is 0 Å². The minimum absolute atomic E-state index is 0.338. The summed E-state index contributed by atoms with van der Waals surface area (Å²) in [6.07, 6.45) is 2.86. The van der Waals surface area contributed by atoms with Crippen LogP contribution in [0.15, 0.2) is 29.6 Å². The van der Waals surface area contributed by atoms with Crippen LogP contribution in [0.25, 0.3) is 5.65 Å². The summed E-state index contributed by atoms with van der Waals surface area (Å²) >= 11 is 1.47. The van der Waals surface area contributed by atoms with Gasteiger partial charge < -0.3 is 11.1 Å². The number of nitrogens with two attached hydrogens (primary N) is 1. The lowest BCUT2D eigenvalue weighted by Crippen LogP contribution is -2.43. The molecule has 0 saturated heterocycles. The summed E-state index contributed by atoms with van der Waals surface area (Å²) < 4.78 is 1.89. The molecular weight excluding hydrogens is 262 g/mol. The first-order chi connectivity index (χ1) is 9.22. The number of fused-ring (bicyclic) bond motifs is 1. The molecule has 102 valence electrons. The topological polar surface area (TPSA) is 85.3 Å². The van der Waals surface area contributed by atoms with Gasteiger partial charge in [-0.1, -0.05) is 24.8 Å². The molecule has 0 aromatic carbocycles. The minimum atomic E-state index is -0.346. The van der Waals surface area contributed by atoms with Crippen LogP contribution in [0.2, 0.25) is 0 Å². The van der Waals surface area contributed by atoms with Crippen molar-refractivity contribution in [1.29, 1.82) is 0 Å². The third kappa shape index (κ3) is 3.45. The Morgan fingerprint density at radius 3 is 3.11 bits per heavy atom. The van der Waals surface area contributed by atoms with Crippen molar-refractivity contribution in [2.45, 2.75) is 24.5 Å². The van der Waals surface area contributed by atoms with Crippen molar-refractivity contribution in [3.63, 3.8) is 0 Å². The number of thioether (sulfide) groups is 1. The lowest BCUT2D eigenvalue weighted by atomic mass is 10.3. The lowest BCUT2D eigenvalue weighted by molar-refractivity contribution is -0.119. The van der Waals surface area contributed by atoms with Crippen molar-refractivity contribution >= 4 is 23.3 Å². The first-order valence-electron chi connectivity index (χ1n) is 6.17. The molecule has 6 nitrogen and oxygen atoms in total. The molecule has 0 radical (unpaired) electrons. The highest BCUT2D eigenvalue weighted by molar-refractivity contribution is 7.99. The maximum absolute atomic E-state index is 11.3. The maximum atomic E-state index is 11.3. The second-order valence-corrected chi connectivity index (χ2v) is 5.12. The molecule has 2 heterocycles. The van der Waals surface area contributed by atoms with Crippen molar-refractivity contribution in [2.24, 2.45) is 5.73 Å². The average molecular weight is 279 g/mol. The van der Waals surface area contributed by atoms with Crippen molar-refractivity contribution in [2.75, 3.05) is 12.3 Å². The van der Waals surface area contributed by atoms with Gasteiger partial charge in [-0.15, -0.1) is 10.2 Å². The molecule has 0 fully saturated rings. The smallest absolute Gasteiger partial charge is 0.235 e. The van der Waals surface area contributed by atoms with E-state index in [0.29, 0.717) is 5.75 Å². The van der Waals surface area contributed by atoms with Crippen molar-refractivity contribution in [1.82, 2.24) is 19.9 Å². The number of hydrogen-bond donors (Lipinski definition) is 2. The zero-order valence-electron chi connectivity index (χ0n) is 10.7. The first kappa shape index (κ1) is 13.8. The highest BCUT2D eigenvalue weighted by Gasteiger charge is 2.16. The highest BCUT2D eigenvalue weighted by Crippen LogP contribution is 2.17. The Bertz CT molecular complexity index is 556. The second-order valence-electron chi connectivity index (χ2n) is 4.13. The van der Waals surface area contributed by atoms with Gasteiger partial charge in [0.25, 0.3) is 0 Å². The molecule has 0 aliphatic carbocycles. The molecule has 1 unspecified atom stereocenters. The molecule has 0 spiro atoms. The van der Waals surface area contributed by atoms with Crippen LogP contribution in [0.1, 0.15) is 13.3 Å². The quantitative estimate of drug-likeness (QED) is 0.728. The molecule has 0 aliphatic heterocycles. The van der Waals surface area contributed by atoms with E-state index in [4.69, 9.17) is 5.73 Å². The van der Waals surface area contributed by atoms with Crippen LogP contribution >= 0.6 is 11.8 Å². The van der Waals surface area contributed by atoms with Crippen LogP contribution in [-0.4, -0.2) is 38.8 Å². The summed E-state index contributed by atoms with van der Waals surface area (Å²) in [7, 11) is 0. The fourth-order valence-corrected chi connectivity index (χ4v) is 2.63.